The lowest BCUT2D eigenvalue weighted by Crippen LogP contribution is -2.60. The summed E-state index contributed by atoms with van der Waals surface area (Å²) in [6, 6.07) is 0. The Morgan fingerprint density at radius 1 is 1.28 bits per heavy atom. The van der Waals surface area contributed by atoms with Crippen molar-refractivity contribution in [2.45, 2.75) is 57.1 Å². The summed E-state index contributed by atoms with van der Waals surface area (Å²) < 4.78 is 0. The predicted molar refractivity (Wildman–Crippen MR) is 94.7 cm³/mol. The second-order valence-electron chi connectivity index (χ2n) is 8.27. The Kier molecular flexibility index (Phi) is 4.82. The third-order valence-electron chi connectivity index (χ3n) is 6.57. The Morgan fingerprint density at radius 2 is 2.08 bits per heavy atom. The van der Waals surface area contributed by atoms with Crippen molar-refractivity contribution in [3.63, 3.8) is 0 Å². The van der Waals surface area contributed by atoms with Gasteiger partial charge in [0, 0.05) is 50.9 Å². The minimum absolute atomic E-state index is 0.150. The van der Waals surface area contributed by atoms with Crippen LogP contribution in [0.15, 0.2) is 12.4 Å². The molecule has 2 aliphatic heterocycles. The van der Waals surface area contributed by atoms with Crippen LogP contribution < -0.4 is 0 Å². The molecule has 2 atom stereocenters. The molecule has 1 aromatic rings. The number of fused-ring (bicyclic) bond motifs is 1. The van der Waals surface area contributed by atoms with Gasteiger partial charge in [-0.2, -0.15) is 0 Å². The number of aliphatic hydroxyl groups is 1. The summed E-state index contributed by atoms with van der Waals surface area (Å²) in [7, 11) is 0. The highest BCUT2D eigenvalue weighted by Crippen LogP contribution is 2.36. The van der Waals surface area contributed by atoms with Crippen LogP contribution in [-0.2, 0) is 11.3 Å². The number of nitrogens with zero attached hydrogens (tertiary/aromatic N) is 3. The molecule has 2 saturated heterocycles. The first-order valence-electron chi connectivity index (χ1n) is 9.83. The van der Waals surface area contributed by atoms with Gasteiger partial charge in [-0.15, -0.1) is 0 Å². The van der Waals surface area contributed by atoms with E-state index < -0.39 is 5.60 Å². The molecule has 0 radical (unpaired) electrons. The third kappa shape index (κ3) is 3.75. The number of nitrogens with one attached hydrogen (secondary N) is 1. The number of aromatic nitrogens is 2. The SMILES string of the molecule is O=C(CC1CCCC1)N1CC[C@@]2(O)CCN(Cc3ncc[nH]3)C[C@H]2C1. The van der Waals surface area contributed by atoms with Crippen molar-refractivity contribution in [3.8, 4) is 0 Å². The Morgan fingerprint density at radius 3 is 2.84 bits per heavy atom. The van der Waals surface area contributed by atoms with Crippen LogP contribution in [0.25, 0.3) is 0 Å². The Bertz CT molecular complexity index is 584. The van der Waals surface area contributed by atoms with Crippen molar-refractivity contribution in [1.82, 2.24) is 19.8 Å². The summed E-state index contributed by atoms with van der Waals surface area (Å²) in [5.74, 6) is 2.01. The van der Waals surface area contributed by atoms with Crippen LogP contribution in [0.4, 0.5) is 0 Å². The molecule has 4 rings (SSSR count). The van der Waals surface area contributed by atoms with E-state index in [1.807, 2.05) is 11.1 Å². The lowest BCUT2D eigenvalue weighted by atomic mass is 9.75. The van der Waals surface area contributed by atoms with Gasteiger partial charge in [0.25, 0.3) is 0 Å². The number of H-pyrrole nitrogens is 1. The van der Waals surface area contributed by atoms with E-state index >= 15 is 0 Å². The Labute approximate surface area is 149 Å². The normalized spacial score (nSPS) is 31.2. The molecule has 0 aromatic carbocycles. The summed E-state index contributed by atoms with van der Waals surface area (Å²) in [6.45, 7) is 3.94. The molecule has 1 amide bonds. The quantitative estimate of drug-likeness (QED) is 0.872. The molecule has 1 aliphatic carbocycles. The number of likely N-dealkylation sites (tertiary alicyclic amines) is 2. The average molecular weight is 346 g/mol. The van der Waals surface area contributed by atoms with Crippen LogP contribution in [0.2, 0.25) is 0 Å². The Hall–Kier alpha value is -1.40. The average Bonchev–Trinajstić information content (AvgIpc) is 3.28. The molecule has 3 heterocycles. The van der Waals surface area contributed by atoms with Crippen molar-refractivity contribution in [1.29, 1.82) is 0 Å². The standard InChI is InChI=1S/C19H30N4O2/c24-18(11-15-3-1-2-4-15)23-10-6-19(25)5-9-22(12-16(19)13-23)14-17-20-7-8-21-17/h7-8,15-16,25H,1-6,9-14H2,(H,20,21)/t16-,19-/m0/s1. The number of carbonyl (C=O) groups excluding carboxylic acids is 1. The van der Waals surface area contributed by atoms with Gasteiger partial charge < -0.3 is 15.0 Å². The van der Waals surface area contributed by atoms with E-state index in [1.54, 1.807) is 6.20 Å². The summed E-state index contributed by atoms with van der Waals surface area (Å²) in [5, 5.41) is 11.0. The largest absolute Gasteiger partial charge is 0.389 e. The molecule has 0 spiro atoms. The Balaban J connectivity index is 1.35. The number of hydrogen-bond acceptors (Lipinski definition) is 4. The van der Waals surface area contributed by atoms with E-state index in [-0.39, 0.29) is 5.92 Å². The molecular weight excluding hydrogens is 316 g/mol. The maximum atomic E-state index is 12.7. The number of carbonyl (C=O) groups is 1. The summed E-state index contributed by atoms with van der Waals surface area (Å²) in [4.78, 5) is 24.5. The van der Waals surface area contributed by atoms with E-state index in [0.717, 1.165) is 44.8 Å². The summed E-state index contributed by atoms with van der Waals surface area (Å²) in [5.41, 5.74) is -0.593. The zero-order valence-corrected chi connectivity index (χ0v) is 15.0. The molecule has 1 saturated carbocycles. The van der Waals surface area contributed by atoms with Gasteiger partial charge in [0.15, 0.2) is 0 Å². The van der Waals surface area contributed by atoms with Gasteiger partial charge in [0.2, 0.25) is 5.91 Å². The van der Waals surface area contributed by atoms with E-state index in [1.165, 1.54) is 25.7 Å². The second-order valence-corrected chi connectivity index (χ2v) is 8.27. The molecule has 6 heteroatoms. The van der Waals surface area contributed by atoms with Gasteiger partial charge in [0.05, 0.1) is 12.1 Å². The van der Waals surface area contributed by atoms with Crippen LogP contribution in [0, 0.1) is 11.8 Å². The molecule has 3 aliphatic rings. The molecular formula is C19H30N4O2. The monoisotopic (exact) mass is 346 g/mol. The van der Waals surface area contributed by atoms with Gasteiger partial charge in [0.1, 0.15) is 5.82 Å². The van der Waals surface area contributed by atoms with Crippen molar-refractivity contribution < 1.29 is 9.90 Å². The van der Waals surface area contributed by atoms with Crippen LogP contribution in [-0.4, -0.2) is 62.6 Å². The van der Waals surface area contributed by atoms with Crippen molar-refractivity contribution in [3.05, 3.63) is 18.2 Å². The smallest absolute Gasteiger partial charge is 0.222 e. The lowest BCUT2D eigenvalue weighted by molar-refractivity contribution is -0.148. The zero-order chi connectivity index (χ0) is 17.3. The van der Waals surface area contributed by atoms with Crippen molar-refractivity contribution >= 4 is 5.91 Å². The number of imidazole rings is 1. The molecule has 3 fully saturated rings. The van der Waals surface area contributed by atoms with E-state index in [4.69, 9.17) is 0 Å². The fraction of sp³-hybridized carbons (Fsp3) is 0.789. The summed E-state index contributed by atoms with van der Waals surface area (Å²) >= 11 is 0. The highest BCUT2D eigenvalue weighted by molar-refractivity contribution is 5.76. The number of piperidine rings is 2. The van der Waals surface area contributed by atoms with Crippen LogP contribution in [0.1, 0.15) is 50.8 Å². The van der Waals surface area contributed by atoms with Gasteiger partial charge in [-0.05, 0) is 31.6 Å². The first kappa shape index (κ1) is 17.0. The van der Waals surface area contributed by atoms with Crippen LogP contribution >= 0.6 is 0 Å². The molecule has 138 valence electrons. The third-order valence-corrected chi connectivity index (χ3v) is 6.57. The van der Waals surface area contributed by atoms with Gasteiger partial charge in [-0.3, -0.25) is 9.69 Å². The van der Waals surface area contributed by atoms with Crippen molar-refractivity contribution in [2.75, 3.05) is 26.2 Å². The van der Waals surface area contributed by atoms with Crippen LogP contribution in [0.3, 0.4) is 0 Å². The van der Waals surface area contributed by atoms with Gasteiger partial charge >= 0.3 is 0 Å². The molecule has 2 N–H and O–H groups in total. The fourth-order valence-electron chi connectivity index (χ4n) is 4.93. The topological polar surface area (TPSA) is 72.5 Å². The molecule has 1 aromatic heterocycles. The van der Waals surface area contributed by atoms with Gasteiger partial charge in [-0.25, -0.2) is 4.98 Å². The van der Waals surface area contributed by atoms with Crippen LogP contribution in [0.5, 0.6) is 0 Å². The van der Waals surface area contributed by atoms with Gasteiger partial charge in [-0.1, -0.05) is 12.8 Å². The summed E-state index contributed by atoms with van der Waals surface area (Å²) in [6.07, 6.45) is 10.8. The zero-order valence-electron chi connectivity index (χ0n) is 15.0. The molecule has 0 unspecified atom stereocenters. The van der Waals surface area contributed by atoms with E-state index in [0.29, 0.717) is 24.8 Å². The van der Waals surface area contributed by atoms with Crippen molar-refractivity contribution in [2.24, 2.45) is 11.8 Å². The number of rotatable bonds is 4. The van der Waals surface area contributed by atoms with E-state index in [9.17, 15) is 9.90 Å². The molecule has 0 bridgehead atoms. The maximum Gasteiger partial charge on any atom is 0.222 e. The first-order chi connectivity index (χ1) is 12.1. The number of aromatic amines is 1. The minimum atomic E-state index is -0.593. The minimum Gasteiger partial charge on any atom is -0.389 e. The lowest BCUT2D eigenvalue weighted by Gasteiger charge is -2.50. The molecule has 25 heavy (non-hydrogen) atoms. The van der Waals surface area contributed by atoms with E-state index in [2.05, 4.69) is 14.9 Å². The molecule has 6 nitrogen and oxygen atoms in total. The number of hydrogen-bond donors (Lipinski definition) is 2. The highest BCUT2D eigenvalue weighted by atomic mass is 16.3. The second kappa shape index (κ2) is 7.08. The number of amides is 1. The first-order valence-corrected chi connectivity index (χ1v) is 9.83. The maximum absolute atomic E-state index is 12.7. The fourth-order valence-corrected chi connectivity index (χ4v) is 4.93. The highest BCUT2D eigenvalue weighted by Gasteiger charge is 2.45. The predicted octanol–water partition coefficient (Wildman–Crippen LogP) is 1.78.